The van der Waals surface area contributed by atoms with Crippen LogP contribution in [0.3, 0.4) is 0 Å². The van der Waals surface area contributed by atoms with Crippen molar-refractivity contribution in [1.29, 1.82) is 0 Å². The van der Waals surface area contributed by atoms with Gasteiger partial charge in [0.15, 0.2) is 0 Å². The molecular weight excluding hydrogens is 461 g/mol. The summed E-state index contributed by atoms with van der Waals surface area (Å²) in [4.78, 5) is 2.19. The van der Waals surface area contributed by atoms with E-state index in [1.54, 1.807) is 19.2 Å². The van der Waals surface area contributed by atoms with Gasteiger partial charge in [0.1, 0.15) is 11.6 Å². The Morgan fingerprint density at radius 1 is 1.11 bits per heavy atom. The van der Waals surface area contributed by atoms with Crippen LogP contribution in [0.2, 0.25) is 0 Å². The van der Waals surface area contributed by atoms with Gasteiger partial charge in [0, 0.05) is 26.1 Å². The van der Waals surface area contributed by atoms with Crippen LogP contribution in [-0.2, 0) is 11.2 Å². The number of piperidine rings is 1. The number of aryl methyl sites for hydroxylation is 1. The summed E-state index contributed by atoms with van der Waals surface area (Å²) in [6.45, 7) is 12.0. The fraction of sp³-hybridized carbons (Fsp3) is 0.515. The molecule has 0 radical (unpaired) electrons. The highest BCUT2D eigenvalue weighted by atomic mass is 19.1. The molecule has 3 unspecified atom stereocenters. The predicted molar refractivity (Wildman–Crippen MR) is 154 cm³/mol. The number of anilines is 1. The largest absolute Gasteiger partial charge is 0.508 e. The first-order valence-corrected chi connectivity index (χ1v) is 14.2. The molecule has 2 aliphatic rings. The van der Waals surface area contributed by atoms with Gasteiger partial charge in [0.25, 0.3) is 0 Å². The van der Waals surface area contributed by atoms with Crippen molar-refractivity contribution < 1.29 is 14.2 Å². The number of methoxy groups -OCH3 is 1. The number of nitrogens with zero attached hydrogens (tertiary/aromatic N) is 1. The highest BCUT2D eigenvalue weighted by Crippen LogP contribution is 2.46. The lowest BCUT2D eigenvalue weighted by Gasteiger charge is -2.37. The summed E-state index contributed by atoms with van der Waals surface area (Å²) in [5, 5.41) is 10.1. The number of allylic oxidation sites excluding steroid dienone is 4. The Hall–Kier alpha value is -2.59. The second kappa shape index (κ2) is 13.8. The van der Waals surface area contributed by atoms with Crippen LogP contribution < -0.4 is 4.90 Å². The summed E-state index contributed by atoms with van der Waals surface area (Å²) in [7, 11) is 1.80. The summed E-state index contributed by atoms with van der Waals surface area (Å²) in [6.07, 6.45) is 11.7. The summed E-state index contributed by atoms with van der Waals surface area (Å²) >= 11 is 0. The maximum Gasteiger partial charge on any atom is 0.146 e. The van der Waals surface area contributed by atoms with Gasteiger partial charge in [-0.1, -0.05) is 51.1 Å². The fourth-order valence-electron chi connectivity index (χ4n) is 6.38. The van der Waals surface area contributed by atoms with Crippen molar-refractivity contribution in [2.45, 2.75) is 78.7 Å². The predicted octanol–water partition coefficient (Wildman–Crippen LogP) is 8.42. The number of halogens is 1. The second-order valence-electron chi connectivity index (χ2n) is 10.0. The number of phenols is 1. The molecule has 4 rings (SSSR count). The van der Waals surface area contributed by atoms with Gasteiger partial charge in [-0.3, -0.25) is 0 Å². The van der Waals surface area contributed by atoms with Crippen molar-refractivity contribution >= 4 is 5.69 Å². The Bertz CT molecular complexity index is 1060. The van der Waals surface area contributed by atoms with Gasteiger partial charge in [0.2, 0.25) is 0 Å². The Morgan fingerprint density at radius 2 is 1.84 bits per heavy atom. The van der Waals surface area contributed by atoms with Crippen molar-refractivity contribution in [3.63, 3.8) is 0 Å². The van der Waals surface area contributed by atoms with Crippen molar-refractivity contribution in [2.75, 3.05) is 25.1 Å². The molecule has 1 aliphatic carbocycles. The van der Waals surface area contributed by atoms with Gasteiger partial charge in [0.05, 0.1) is 11.8 Å². The Kier molecular flexibility index (Phi) is 10.8. The number of hydrogen-bond donors (Lipinski definition) is 1. The molecule has 2 aromatic rings. The number of benzene rings is 2. The highest BCUT2D eigenvalue weighted by Gasteiger charge is 2.33. The molecule has 3 atom stereocenters. The first-order chi connectivity index (χ1) is 18.0. The van der Waals surface area contributed by atoms with Gasteiger partial charge >= 0.3 is 0 Å². The molecule has 0 spiro atoms. The molecule has 1 heterocycles. The van der Waals surface area contributed by atoms with Crippen molar-refractivity contribution in [1.82, 2.24) is 0 Å². The molecule has 1 aliphatic heterocycles. The third-order valence-electron chi connectivity index (χ3n) is 8.15. The molecule has 37 heavy (non-hydrogen) atoms. The lowest BCUT2D eigenvalue weighted by molar-refractivity contribution is 0.0392. The second-order valence-corrected chi connectivity index (χ2v) is 10.0. The standard InChI is InChI=1S/C31H40FNO2.C2H6/c1-5-8-21(6-2)26-12-9-23-19-25(34)11-13-27(23)31(26)24-10-14-29(28(32)20-24)33-17-15-22(16-18-33)30(7-3)35-4;1-2/h5-6,8,10-11,13-14,19-20,22,26,30-31,34H,7,9,12,15-18H2,1-4H3;1-2H3/b8-5-,21-6+;. The number of hydrogen-bond acceptors (Lipinski definition) is 3. The van der Waals surface area contributed by atoms with E-state index in [-0.39, 0.29) is 17.7 Å². The number of fused-ring (bicyclic) bond motifs is 1. The molecule has 4 heteroatoms. The first kappa shape index (κ1) is 29.0. The van der Waals surface area contributed by atoms with Crippen molar-refractivity contribution in [3.8, 4) is 5.75 Å². The number of aromatic hydroxyl groups is 1. The van der Waals surface area contributed by atoms with Crippen LogP contribution in [0.15, 0.2) is 60.2 Å². The number of phenolic OH excluding ortho intramolecular Hbond substituents is 1. The van der Waals surface area contributed by atoms with E-state index >= 15 is 4.39 Å². The van der Waals surface area contributed by atoms with E-state index in [1.165, 1.54) is 11.1 Å². The Labute approximate surface area is 224 Å². The first-order valence-electron chi connectivity index (χ1n) is 14.2. The summed E-state index contributed by atoms with van der Waals surface area (Å²) in [5.41, 5.74) is 5.35. The van der Waals surface area contributed by atoms with Crippen LogP contribution >= 0.6 is 0 Å². The Balaban J connectivity index is 0.00000186. The van der Waals surface area contributed by atoms with E-state index in [0.29, 0.717) is 23.5 Å². The zero-order valence-corrected chi connectivity index (χ0v) is 23.6. The van der Waals surface area contributed by atoms with Gasteiger partial charge < -0.3 is 14.7 Å². The average molecular weight is 508 g/mol. The monoisotopic (exact) mass is 507 g/mol. The fourth-order valence-corrected chi connectivity index (χ4v) is 6.38. The third-order valence-corrected chi connectivity index (χ3v) is 8.15. The van der Waals surface area contributed by atoms with E-state index in [2.05, 4.69) is 43.0 Å². The van der Waals surface area contributed by atoms with Crippen LogP contribution in [0.4, 0.5) is 10.1 Å². The number of rotatable bonds is 7. The summed E-state index contributed by atoms with van der Waals surface area (Å²) in [6, 6.07) is 11.5. The molecule has 0 bridgehead atoms. The van der Waals surface area contributed by atoms with Crippen LogP contribution in [-0.4, -0.2) is 31.4 Å². The highest BCUT2D eigenvalue weighted by molar-refractivity contribution is 5.53. The minimum atomic E-state index is -0.141. The molecule has 202 valence electrons. The van der Waals surface area contributed by atoms with Crippen LogP contribution in [0.25, 0.3) is 0 Å². The van der Waals surface area contributed by atoms with E-state index < -0.39 is 0 Å². The maximum absolute atomic E-state index is 15.6. The molecule has 3 nitrogen and oxygen atoms in total. The molecule has 0 amide bonds. The van der Waals surface area contributed by atoms with E-state index in [1.807, 2.05) is 39.0 Å². The normalized spacial score (nSPS) is 21.4. The zero-order chi connectivity index (χ0) is 26.9. The zero-order valence-electron chi connectivity index (χ0n) is 23.6. The molecule has 1 N–H and O–H groups in total. The van der Waals surface area contributed by atoms with E-state index in [4.69, 9.17) is 4.74 Å². The molecule has 0 aromatic heterocycles. The van der Waals surface area contributed by atoms with Gasteiger partial charge in [-0.2, -0.15) is 0 Å². The molecule has 2 aromatic carbocycles. The molecule has 1 fully saturated rings. The summed E-state index contributed by atoms with van der Waals surface area (Å²) in [5.74, 6) is 1.03. The van der Waals surface area contributed by atoms with Crippen molar-refractivity contribution in [3.05, 3.63) is 82.7 Å². The van der Waals surface area contributed by atoms with Gasteiger partial charge in [-0.25, -0.2) is 4.39 Å². The smallest absolute Gasteiger partial charge is 0.146 e. The average Bonchev–Trinajstić information content (AvgIpc) is 2.93. The van der Waals surface area contributed by atoms with E-state index in [9.17, 15) is 5.11 Å². The SMILES string of the molecule is C/C=C\C(=C/C)C1CCc2cc(O)ccc2C1c1ccc(N2CCC(C(CC)OC)CC2)c(F)c1.CC. The van der Waals surface area contributed by atoms with E-state index in [0.717, 1.165) is 56.3 Å². The molecular formula is C33H46FNO2. The maximum atomic E-state index is 15.6. The lowest BCUT2D eigenvalue weighted by atomic mass is 9.69. The quantitative estimate of drug-likeness (QED) is 0.382. The molecule has 1 saturated heterocycles. The van der Waals surface area contributed by atoms with Crippen LogP contribution in [0.5, 0.6) is 5.75 Å². The van der Waals surface area contributed by atoms with Crippen LogP contribution in [0, 0.1) is 17.7 Å². The van der Waals surface area contributed by atoms with Crippen molar-refractivity contribution in [2.24, 2.45) is 11.8 Å². The van der Waals surface area contributed by atoms with Gasteiger partial charge in [-0.15, -0.1) is 0 Å². The Morgan fingerprint density at radius 3 is 2.43 bits per heavy atom. The summed E-state index contributed by atoms with van der Waals surface area (Å²) < 4.78 is 21.3. The topological polar surface area (TPSA) is 32.7 Å². The third kappa shape index (κ3) is 6.46. The van der Waals surface area contributed by atoms with Crippen LogP contribution in [0.1, 0.15) is 82.9 Å². The minimum absolute atomic E-state index is 0.0584. The lowest BCUT2D eigenvalue weighted by Crippen LogP contribution is -2.38. The minimum Gasteiger partial charge on any atom is -0.508 e. The molecule has 0 saturated carbocycles. The number of ether oxygens (including phenoxy) is 1. The van der Waals surface area contributed by atoms with Gasteiger partial charge in [-0.05, 0) is 104 Å².